The minimum Gasteiger partial charge on any atom is -0.497 e. The highest BCUT2D eigenvalue weighted by atomic mass is 32.2. The van der Waals surface area contributed by atoms with Crippen LogP contribution in [0.3, 0.4) is 0 Å². The molecule has 0 spiro atoms. The molecule has 1 N–H and O–H groups in total. The van der Waals surface area contributed by atoms with Gasteiger partial charge in [-0.1, -0.05) is 26.0 Å². The fourth-order valence-corrected chi connectivity index (χ4v) is 3.48. The summed E-state index contributed by atoms with van der Waals surface area (Å²) in [6, 6.07) is 13.8. The number of amides is 1. The summed E-state index contributed by atoms with van der Waals surface area (Å²) in [5.74, 6) is 0.627. The fourth-order valence-electron chi connectivity index (χ4n) is 2.46. The number of nitrogens with one attached hydrogen (secondary N) is 1. The molecule has 0 aromatic heterocycles. The Morgan fingerprint density at radius 3 is 2.63 bits per heavy atom. The van der Waals surface area contributed by atoms with Crippen LogP contribution in [0, 0.1) is 6.92 Å². The SMILES string of the molecule is CCC(C)Sc1ccc(NC(=O)C(C)OCc2cccc(OC)c2)c(C)c1. The van der Waals surface area contributed by atoms with Gasteiger partial charge in [-0.25, -0.2) is 0 Å². The van der Waals surface area contributed by atoms with Crippen molar-refractivity contribution in [3.05, 3.63) is 53.6 Å². The van der Waals surface area contributed by atoms with Crippen molar-refractivity contribution in [2.24, 2.45) is 0 Å². The van der Waals surface area contributed by atoms with Gasteiger partial charge in [0, 0.05) is 15.8 Å². The molecule has 2 aromatic rings. The lowest BCUT2D eigenvalue weighted by Gasteiger charge is -2.16. The number of aryl methyl sites for hydroxylation is 1. The monoisotopic (exact) mass is 387 g/mol. The normalized spacial score (nSPS) is 13.1. The Labute approximate surface area is 166 Å². The van der Waals surface area contributed by atoms with E-state index in [-0.39, 0.29) is 5.91 Å². The first-order valence-electron chi connectivity index (χ1n) is 9.25. The molecule has 0 aliphatic rings. The maximum atomic E-state index is 12.5. The van der Waals surface area contributed by atoms with Crippen LogP contribution in [-0.4, -0.2) is 24.4 Å². The van der Waals surface area contributed by atoms with Crippen LogP contribution in [-0.2, 0) is 16.1 Å². The molecular formula is C22H29NO3S. The van der Waals surface area contributed by atoms with Gasteiger partial charge in [0.15, 0.2) is 0 Å². The van der Waals surface area contributed by atoms with Crippen molar-refractivity contribution in [2.45, 2.75) is 57.0 Å². The van der Waals surface area contributed by atoms with Crippen LogP contribution in [0.4, 0.5) is 5.69 Å². The molecular weight excluding hydrogens is 358 g/mol. The second kappa shape index (κ2) is 10.4. The van der Waals surface area contributed by atoms with E-state index in [1.807, 2.05) is 49.0 Å². The number of ether oxygens (including phenoxy) is 2. The molecule has 1 amide bonds. The third-order valence-corrected chi connectivity index (χ3v) is 5.63. The van der Waals surface area contributed by atoms with E-state index in [9.17, 15) is 4.79 Å². The summed E-state index contributed by atoms with van der Waals surface area (Å²) in [5, 5.41) is 3.54. The van der Waals surface area contributed by atoms with Crippen LogP contribution in [0.1, 0.15) is 38.3 Å². The molecule has 2 unspecified atom stereocenters. The van der Waals surface area contributed by atoms with E-state index >= 15 is 0 Å². The van der Waals surface area contributed by atoms with Crippen LogP contribution in [0.2, 0.25) is 0 Å². The minimum atomic E-state index is -0.551. The lowest BCUT2D eigenvalue weighted by atomic mass is 10.2. The molecule has 0 heterocycles. The highest BCUT2D eigenvalue weighted by Crippen LogP contribution is 2.28. The zero-order chi connectivity index (χ0) is 19.8. The first kappa shape index (κ1) is 21.3. The van der Waals surface area contributed by atoms with Crippen LogP contribution in [0.15, 0.2) is 47.4 Å². The number of carbonyl (C=O) groups is 1. The molecule has 2 atom stereocenters. The molecule has 0 aliphatic heterocycles. The largest absolute Gasteiger partial charge is 0.497 e. The maximum Gasteiger partial charge on any atom is 0.253 e. The van der Waals surface area contributed by atoms with Crippen LogP contribution in [0.25, 0.3) is 0 Å². The number of hydrogen-bond acceptors (Lipinski definition) is 4. The smallest absolute Gasteiger partial charge is 0.253 e. The summed E-state index contributed by atoms with van der Waals surface area (Å²) in [6.07, 6.45) is 0.578. The molecule has 2 aromatic carbocycles. The molecule has 0 saturated carbocycles. The maximum absolute atomic E-state index is 12.5. The third-order valence-electron chi connectivity index (χ3n) is 4.37. The number of benzene rings is 2. The second-order valence-corrected chi connectivity index (χ2v) is 8.12. The Kier molecular flexibility index (Phi) is 8.20. The molecule has 0 radical (unpaired) electrons. The number of thioether (sulfide) groups is 1. The van der Waals surface area contributed by atoms with E-state index < -0.39 is 6.10 Å². The molecule has 5 heteroatoms. The molecule has 0 fully saturated rings. The van der Waals surface area contributed by atoms with Gasteiger partial charge in [-0.3, -0.25) is 4.79 Å². The van der Waals surface area contributed by atoms with E-state index in [4.69, 9.17) is 9.47 Å². The van der Waals surface area contributed by atoms with Crippen LogP contribution in [0.5, 0.6) is 5.75 Å². The summed E-state index contributed by atoms with van der Waals surface area (Å²) >= 11 is 1.85. The Balaban J connectivity index is 1.91. The topological polar surface area (TPSA) is 47.6 Å². The minimum absolute atomic E-state index is 0.150. The van der Waals surface area contributed by atoms with Crippen molar-refractivity contribution in [2.75, 3.05) is 12.4 Å². The zero-order valence-electron chi connectivity index (χ0n) is 16.7. The summed E-state index contributed by atoms with van der Waals surface area (Å²) in [4.78, 5) is 13.7. The van der Waals surface area contributed by atoms with Gasteiger partial charge in [-0.05, 0) is 61.7 Å². The van der Waals surface area contributed by atoms with Gasteiger partial charge < -0.3 is 14.8 Å². The van der Waals surface area contributed by atoms with E-state index in [0.717, 1.165) is 29.0 Å². The number of anilines is 1. The second-order valence-electron chi connectivity index (χ2n) is 6.61. The van der Waals surface area contributed by atoms with Crippen LogP contribution >= 0.6 is 11.8 Å². The predicted molar refractivity (Wildman–Crippen MR) is 113 cm³/mol. The van der Waals surface area contributed by atoms with Crippen molar-refractivity contribution in [1.29, 1.82) is 0 Å². The van der Waals surface area contributed by atoms with Gasteiger partial charge in [0.05, 0.1) is 13.7 Å². The average molecular weight is 388 g/mol. The average Bonchev–Trinajstić information content (AvgIpc) is 2.68. The summed E-state index contributed by atoms with van der Waals surface area (Å²) in [5.41, 5.74) is 2.85. The third kappa shape index (κ3) is 6.60. The van der Waals surface area contributed by atoms with Crippen LogP contribution < -0.4 is 10.1 Å². The molecule has 0 bridgehead atoms. The molecule has 0 aliphatic carbocycles. The molecule has 4 nitrogen and oxygen atoms in total. The quantitative estimate of drug-likeness (QED) is 0.582. The fraction of sp³-hybridized carbons (Fsp3) is 0.409. The van der Waals surface area contributed by atoms with Gasteiger partial charge >= 0.3 is 0 Å². The van der Waals surface area contributed by atoms with Crippen molar-refractivity contribution in [3.8, 4) is 5.75 Å². The lowest BCUT2D eigenvalue weighted by molar-refractivity contribution is -0.127. The standard InChI is InChI=1S/C22H29NO3S/c1-6-16(3)27-20-10-11-21(15(2)12-20)23-22(24)17(4)26-14-18-8-7-9-19(13-18)25-5/h7-13,16-17H,6,14H2,1-5H3,(H,23,24). The van der Waals surface area contributed by atoms with Crippen molar-refractivity contribution >= 4 is 23.4 Å². The van der Waals surface area contributed by atoms with E-state index in [1.165, 1.54) is 4.90 Å². The highest BCUT2D eigenvalue weighted by Gasteiger charge is 2.15. The lowest BCUT2D eigenvalue weighted by Crippen LogP contribution is -2.27. The first-order chi connectivity index (χ1) is 12.9. The summed E-state index contributed by atoms with van der Waals surface area (Å²) < 4.78 is 10.9. The van der Waals surface area contributed by atoms with E-state index in [2.05, 4.69) is 31.3 Å². The molecule has 146 valence electrons. The van der Waals surface area contributed by atoms with E-state index in [0.29, 0.717) is 11.9 Å². The summed E-state index contributed by atoms with van der Waals surface area (Å²) in [6.45, 7) is 8.54. The number of hydrogen-bond donors (Lipinski definition) is 1. The Bertz CT molecular complexity index is 763. The Morgan fingerprint density at radius 2 is 1.96 bits per heavy atom. The number of carbonyl (C=O) groups excluding carboxylic acids is 1. The number of rotatable bonds is 9. The number of methoxy groups -OCH3 is 1. The Hall–Kier alpha value is -1.98. The van der Waals surface area contributed by atoms with Gasteiger partial charge in [0.1, 0.15) is 11.9 Å². The van der Waals surface area contributed by atoms with E-state index in [1.54, 1.807) is 14.0 Å². The van der Waals surface area contributed by atoms with Gasteiger partial charge in [0.2, 0.25) is 0 Å². The van der Waals surface area contributed by atoms with Crippen molar-refractivity contribution < 1.29 is 14.3 Å². The summed E-state index contributed by atoms with van der Waals surface area (Å²) in [7, 11) is 1.63. The molecule has 2 rings (SSSR count). The first-order valence-corrected chi connectivity index (χ1v) is 10.1. The zero-order valence-corrected chi connectivity index (χ0v) is 17.6. The highest BCUT2D eigenvalue weighted by molar-refractivity contribution is 7.99. The van der Waals surface area contributed by atoms with Crippen molar-refractivity contribution in [3.63, 3.8) is 0 Å². The Morgan fingerprint density at radius 1 is 1.19 bits per heavy atom. The molecule has 0 saturated heterocycles. The van der Waals surface area contributed by atoms with Gasteiger partial charge in [-0.2, -0.15) is 0 Å². The van der Waals surface area contributed by atoms with Crippen molar-refractivity contribution in [1.82, 2.24) is 0 Å². The predicted octanol–water partition coefficient (Wildman–Crippen LogP) is 5.44. The van der Waals surface area contributed by atoms with Gasteiger partial charge in [0.25, 0.3) is 5.91 Å². The molecule has 27 heavy (non-hydrogen) atoms. The van der Waals surface area contributed by atoms with Gasteiger partial charge in [-0.15, -0.1) is 11.8 Å².